The first-order chi connectivity index (χ1) is 4.47. The maximum Gasteiger partial charge on any atom is 0.00209 e. The van der Waals surface area contributed by atoms with Gasteiger partial charge in [0.1, 0.15) is 0 Å². The summed E-state index contributed by atoms with van der Waals surface area (Å²) < 4.78 is 0. The summed E-state index contributed by atoms with van der Waals surface area (Å²) in [5, 5.41) is 3.34. The molecular weight excluding hydrogens is 110 g/mol. The normalized spacial score (nSPS) is 39.1. The lowest BCUT2D eigenvalue weighted by molar-refractivity contribution is 0.593. The van der Waals surface area contributed by atoms with Gasteiger partial charge >= 0.3 is 0 Å². The molecular formula is C8H10N. The topological polar surface area (TPSA) is 12.0 Å². The second-order valence-electron chi connectivity index (χ2n) is 2.68. The van der Waals surface area contributed by atoms with Gasteiger partial charge in [-0.1, -0.05) is 18.2 Å². The molecule has 1 heteroatoms. The zero-order valence-corrected chi connectivity index (χ0v) is 5.30. The zero-order valence-electron chi connectivity index (χ0n) is 5.30. The third-order valence-corrected chi connectivity index (χ3v) is 2.06. The molecule has 0 spiro atoms. The smallest absolute Gasteiger partial charge is 0.00209 e. The average molecular weight is 120 g/mol. The summed E-state index contributed by atoms with van der Waals surface area (Å²) in [5.74, 6) is 1.49. The van der Waals surface area contributed by atoms with Crippen LogP contribution in [0.1, 0.15) is 0 Å². The fraction of sp³-hybridized carbons (Fsp3) is 0.500. The molecule has 0 saturated carbocycles. The summed E-state index contributed by atoms with van der Waals surface area (Å²) in [4.78, 5) is 0. The summed E-state index contributed by atoms with van der Waals surface area (Å²) >= 11 is 0. The number of hydrogen-bond donors (Lipinski definition) is 1. The monoisotopic (exact) mass is 120 g/mol. The molecule has 2 aliphatic rings. The van der Waals surface area contributed by atoms with Gasteiger partial charge in [-0.2, -0.15) is 0 Å². The predicted molar refractivity (Wildman–Crippen MR) is 36.8 cm³/mol. The van der Waals surface area contributed by atoms with Gasteiger partial charge in [0.05, 0.1) is 0 Å². The third kappa shape index (κ3) is 0.815. The lowest BCUT2D eigenvalue weighted by Gasteiger charge is -2.11. The van der Waals surface area contributed by atoms with Crippen LogP contribution in [0.2, 0.25) is 0 Å². The van der Waals surface area contributed by atoms with Crippen LogP contribution in [0.5, 0.6) is 0 Å². The highest BCUT2D eigenvalue weighted by molar-refractivity contribution is 5.12. The second kappa shape index (κ2) is 1.99. The van der Waals surface area contributed by atoms with Crippen LogP contribution < -0.4 is 5.32 Å². The van der Waals surface area contributed by atoms with Crippen molar-refractivity contribution in [2.24, 2.45) is 11.8 Å². The van der Waals surface area contributed by atoms with Crippen molar-refractivity contribution in [1.29, 1.82) is 0 Å². The Kier molecular flexibility index (Phi) is 1.16. The molecule has 1 aliphatic heterocycles. The summed E-state index contributed by atoms with van der Waals surface area (Å²) in [7, 11) is 0. The third-order valence-electron chi connectivity index (χ3n) is 2.06. The Balaban J connectivity index is 2.18. The molecule has 1 radical (unpaired) electrons. The van der Waals surface area contributed by atoms with E-state index >= 15 is 0 Å². The first-order valence-corrected chi connectivity index (χ1v) is 3.43. The number of hydrogen-bond acceptors (Lipinski definition) is 1. The summed E-state index contributed by atoms with van der Waals surface area (Å²) in [6.07, 6.45) is 9.54. The fourth-order valence-corrected chi connectivity index (χ4v) is 1.47. The first-order valence-electron chi connectivity index (χ1n) is 3.43. The van der Waals surface area contributed by atoms with E-state index in [0.717, 1.165) is 24.9 Å². The van der Waals surface area contributed by atoms with E-state index in [1.54, 1.807) is 0 Å². The Morgan fingerprint density at radius 1 is 1.33 bits per heavy atom. The number of nitrogens with one attached hydrogen (secondary N) is 1. The maximum atomic E-state index is 3.34. The van der Waals surface area contributed by atoms with Gasteiger partial charge in [-0.25, -0.2) is 0 Å². The lowest BCUT2D eigenvalue weighted by atomic mass is 9.92. The molecule has 2 rings (SSSR count). The fourth-order valence-electron chi connectivity index (χ4n) is 1.47. The molecule has 1 heterocycles. The van der Waals surface area contributed by atoms with Gasteiger partial charge in [-0.15, -0.1) is 0 Å². The molecule has 1 fully saturated rings. The van der Waals surface area contributed by atoms with Crippen molar-refractivity contribution in [2.75, 3.05) is 13.1 Å². The SMILES string of the molecule is [C]1=CC2CNCC2C=C1. The minimum atomic E-state index is 0.731. The van der Waals surface area contributed by atoms with Crippen molar-refractivity contribution in [3.05, 3.63) is 24.3 Å². The van der Waals surface area contributed by atoms with Crippen LogP contribution >= 0.6 is 0 Å². The van der Waals surface area contributed by atoms with E-state index in [4.69, 9.17) is 0 Å². The summed E-state index contributed by atoms with van der Waals surface area (Å²) in [5.41, 5.74) is 0. The highest BCUT2D eigenvalue weighted by Crippen LogP contribution is 2.21. The highest BCUT2D eigenvalue weighted by Gasteiger charge is 2.23. The van der Waals surface area contributed by atoms with Gasteiger partial charge < -0.3 is 5.32 Å². The molecule has 0 aromatic rings. The molecule has 0 aromatic carbocycles. The van der Waals surface area contributed by atoms with Crippen LogP contribution in [0.15, 0.2) is 18.2 Å². The van der Waals surface area contributed by atoms with Crippen molar-refractivity contribution >= 4 is 0 Å². The van der Waals surface area contributed by atoms with Crippen molar-refractivity contribution < 1.29 is 0 Å². The van der Waals surface area contributed by atoms with Gasteiger partial charge in [0.2, 0.25) is 0 Å². The Morgan fingerprint density at radius 2 is 2.22 bits per heavy atom. The van der Waals surface area contributed by atoms with E-state index in [2.05, 4.69) is 23.5 Å². The molecule has 47 valence electrons. The van der Waals surface area contributed by atoms with Crippen LogP contribution in [0.4, 0.5) is 0 Å². The summed E-state index contributed by atoms with van der Waals surface area (Å²) in [6, 6.07) is 0. The van der Waals surface area contributed by atoms with E-state index in [1.165, 1.54) is 0 Å². The maximum absolute atomic E-state index is 3.34. The van der Waals surface area contributed by atoms with E-state index < -0.39 is 0 Å². The molecule has 0 aromatic heterocycles. The molecule has 2 atom stereocenters. The van der Waals surface area contributed by atoms with Crippen LogP contribution in [0, 0.1) is 17.9 Å². The molecule has 1 nitrogen and oxygen atoms in total. The minimum absolute atomic E-state index is 0.731. The van der Waals surface area contributed by atoms with E-state index in [-0.39, 0.29) is 0 Å². The first kappa shape index (κ1) is 5.24. The summed E-state index contributed by atoms with van der Waals surface area (Å²) in [6.45, 7) is 2.29. The largest absolute Gasteiger partial charge is 0.316 e. The minimum Gasteiger partial charge on any atom is -0.316 e. The van der Waals surface area contributed by atoms with Crippen LogP contribution in [-0.4, -0.2) is 13.1 Å². The molecule has 1 aliphatic carbocycles. The van der Waals surface area contributed by atoms with Crippen LogP contribution in [0.25, 0.3) is 0 Å². The second-order valence-corrected chi connectivity index (χ2v) is 2.68. The van der Waals surface area contributed by atoms with E-state index in [0.29, 0.717) is 0 Å². The molecule has 2 unspecified atom stereocenters. The van der Waals surface area contributed by atoms with Gasteiger partial charge in [-0.3, -0.25) is 0 Å². The Labute approximate surface area is 55.5 Å². The highest BCUT2D eigenvalue weighted by atomic mass is 14.9. The Bertz CT molecular complexity index is 140. The van der Waals surface area contributed by atoms with Crippen molar-refractivity contribution in [3.63, 3.8) is 0 Å². The Morgan fingerprint density at radius 3 is 3.11 bits per heavy atom. The molecule has 1 saturated heterocycles. The van der Waals surface area contributed by atoms with Gasteiger partial charge in [0.15, 0.2) is 0 Å². The quantitative estimate of drug-likeness (QED) is 0.497. The van der Waals surface area contributed by atoms with Crippen molar-refractivity contribution in [3.8, 4) is 0 Å². The number of rotatable bonds is 0. The molecule has 0 bridgehead atoms. The van der Waals surface area contributed by atoms with Gasteiger partial charge in [-0.05, 0) is 17.9 Å². The Hall–Kier alpha value is -0.560. The molecule has 0 amide bonds. The van der Waals surface area contributed by atoms with Gasteiger partial charge in [0.25, 0.3) is 0 Å². The van der Waals surface area contributed by atoms with Crippen molar-refractivity contribution in [1.82, 2.24) is 5.32 Å². The molecule has 9 heavy (non-hydrogen) atoms. The van der Waals surface area contributed by atoms with Gasteiger partial charge in [0, 0.05) is 13.1 Å². The van der Waals surface area contributed by atoms with Crippen molar-refractivity contribution in [2.45, 2.75) is 0 Å². The number of allylic oxidation sites excluding steroid dienone is 2. The van der Waals surface area contributed by atoms with E-state index in [9.17, 15) is 0 Å². The predicted octanol–water partition coefficient (Wildman–Crippen LogP) is 0.751. The van der Waals surface area contributed by atoms with E-state index in [1.807, 2.05) is 6.08 Å². The lowest BCUT2D eigenvalue weighted by Crippen LogP contribution is -2.08. The van der Waals surface area contributed by atoms with Crippen LogP contribution in [0.3, 0.4) is 0 Å². The zero-order chi connectivity index (χ0) is 6.10. The average Bonchev–Trinajstić information content (AvgIpc) is 2.33. The van der Waals surface area contributed by atoms with Crippen LogP contribution in [-0.2, 0) is 0 Å². The number of fused-ring (bicyclic) bond motifs is 1. The molecule has 1 N–H and O–H groups in total. The standard InChI is InChI=1S/C8H10N/c1-2-4-8-6-9-5-7(8)3-1/h1,3-4,7-9H,5-6H2.